The van der Waals surface area contributed by atoms with Crippen molar-refractivity contribution in [3.8, 4) is 11.3 Å². The molecule has 1 aromatic carbocycles. The third-order valence-corrected chi connectivity index (χ3v) is 3.89. The predicted molar refractivity (Wildman–Crippen MR) is 73.3 cm³/mol. The topological polar surface area (TPSA) is 8.81 Å². The Morgan fingerprint density at radius 1 is 1.26 bits per heavy atom. The summed E-state index contributed by atoms with van der Waals surface area (Å²) >= 11 is 0. The molecule has 3 heteroatoms. The van der Waals surface area contributed by atoms with E-state index in [2.05, 4.69) is 22.3 Å². The van der Waals surface area contributed by atoms with Crippen LogP contribution < -0.4 is 4.57 Å². The molecule has 0 amide bonds. The molecule has 1 aliphatic rings. The van der Waals surface area contributed by atoms with Crippen molar-refractivity contribution in [2.24, 2.45) is 0 Å². The lowest BCUT2D eigenvalue weighted by atomic mass is 10.1. The first-order valence-electron chi connectivity index (χ1n) is 7.17. The van der Waals surface area contributed by atoms with E-state index in [9.17, 15) is 4.39 Å². The molecule has 2 aromatic rings. The van der Waals surface area contributed by atoms with Crippen LogP contribution in [-0.2, 0) is 19.5 Å². The quantitative estimate of drug-likeness (QED) is 0.745. The van der Waals surface area contributed by atoms with Crippen molar-refractivity contribution in [1.29, 1.82) is 0 Å². The van der Waals surface area contributed by atoms with Gasteiger partial charge in [0.1, 0.15) is 12.0 Å². The van der Waals surface area contributed by atoms with Crippen molar-refractivity contribution >= 4 is 0 Å². The number of nitrogens with zero attached hydrogens (tertiary/aromatic N) is 2. The van der Waals surface area contributed by atoms with E-state index in [0.717, 1.165) is 25.1 Å². The van der Waals surface area contributed by atoms with Gasteiger partial charge in [0.25, 0.3) is 5.82 Å². The summed E-state index contributed by atoms with van der Waals surface area (Å²) < 4.78 is 17.8. The zero-order valence-electron chi connectivity index (χ0n) is 11.4. The normalized spacial score (nSPS) is 13.8. The van der Waals surface area contributed by atoms with E-state index >= 15 is 0 Å². The molecule has 100 valence electrons. The van der Waals surface area contributed by atoms with Crippen LogP contribution >= 0.6 is 0 Å². The first-order valence-corrected chi connectivity index (χ1v) is 7.17. The Morgan fingerprint density at radius 3 is 2.79 bits per heavy atom. The number of hydrogen-bond acceptors (Lipinski definition) is 0. The van der Waals surface area contributed by atoms with Crippen molar-refractivity contribution in [3.05, 3.63) is 42.1 Å². The largest absolute Gasteiger partial charge is 0.257 e. The number of imidazole rings is 1. The third kappa shape index (κ3) is 2.29. The molecule has 19 heavy (non-hydrogen) atoms. The predicted octanol–water partition coefficient (Wildman–Crippen LogP) is 3.33. The minimum atomic E-state index is -0.171. The molecule has 1 aromatic heterocycles. The van der Waals surface area contributed by atoms with Crippen LogP contribution in [0.4, 0.5) is 4.39 Å². The Balaban J connectivity index is 1.99. The van der Waals surface area contributed by atoms with Gasteiger partial charge in [-0.2, -0.15) is 0 Å². The summed E-state index contributed by atoms with van der Waals surface area (Å²) in [6, 6.07) is 6.84. The van der Waals surface area contributed by atoms with Gasteiger partial charge in [-0.1, -0.05) is 13.3 Å². The Bertz CT molecular complexity index is 569. The second-order valence-corrected chi connectivity index (χ2v) is 5.24. The number of aromatic nitrogens is 2. The highest BCUT2D eigenvalue weighted by atomic mass is 19.1. The molecule has 2 nitrogen and oxygen atoms in total. The van der Waals surface area contributed by atoms with Gasteiger partial charge < -0.3 is 0 Å². The number of fused-ring (bicyclic) bond motifs is 1. The summed E-state index contributed by atoms with van der Waals surface area (Å²) in [5.74, 6) is 1.25. The SMILES string of the molecule is CCCC[n+]1cc(-c2ccc(F)cc2)n2c1CCC2. The van der Waals surface area contributed by atoms with E-state index in [-0.39, 0.29) is 5.82 Å². The number of rotatable bonds is 4. The van der Waals surface area contributed by atoms with E-state index in [0.29, 0.717) is 0 Å². The number of hydrogen-bond donors (Lipinski definition) is 0. The van der Waals surface area contributed by atoms with Crippen LogP contribution in [0.25, 0.3) is 11.3 Å². The van der Waals surface area contributed by atoms with Crippen molar-refractivity contribution in [1.82, 2.24) is 4.57 Å². The summed E-state index contributed by atoms with van der Waals surface area (Å²) in [4.78, 5) is 0. The average molecular weight is 259 g/mol. The smallest absolute Gasteiger partial charge is 0.234 e. The number of benzene rings is 1. The standard InChI is InChI=1S/C16H20FN2/c1-2-3-10-18-12-15(19-11-4-5-16(18)19)13-6-8-14(17)9-7-13/h6-9,12H,2-5,10-11H2,1H3/q+1. The van der Waals surface area contributed by atoms with Gasteiger partial charge in [0.2, 0.25) is 0 Å². The number of halogens is 1. The van der Waals surface area contributed by atoms with Crippen LogP contribution in [0, 0.1) is 5.82 Å². The summed E-state index contributed by atoms with van der Waals surface area (Å²) in [6.07, 6.45) is 7.03. The summed E-state index contributed by atoms with van der Waals surface area (Å²) in [5.41, 5.74) is 2.34. The first kappa shape index (κ1) is 12.4. The van der Waals surface area contributed by atoms with E-state index < -0.39 is 0 Å². The van der Waals surface area contributed by atoms with E-state index in [1.54, 1.807) is 12.1 Å². The van der Waals surface area contributed by atoms with Crippen LogP contribution in [0.15, 0.2) is 30.5 Å². The fraction of sp³-hybridized carbons (Fsp3) is 0.438. The summed E-state index contributed by atoms with van der Waals surface area (Å²) in [7, 11) is 0. The van der Waals surface area contributed by atoms with Crippen LogP contribution in [0.3, 0.4) is 0 Å². The molecule has 0 fully saturated rings. The molecule has 0 radical (unpaired) electrons. The third-order valence-electron chi connectivity index (χ3n) is 3.89. The molecular formula is C16H20FN2+. The van der Waals surface area contributed by atoms with Crippen molar-refractivity contribution in [3.63, 3.8) is 0 Å². The Morgan fingerprint density at radius 2 is 2.05 bits per heavy atom. The zero-order valence-corrected chi connectivity index (χ0v) is 11.4. The second kappa shape index (κ2) is 5.16. The molecule has 0 atom stereocenters. The lowest BCUT2D eigenvalue weighted by Gasteiger charge is -1.98. The zero-order chi connectivity index (χ0) is 13.2. The van der Waals surface area contributed by atoms with Gasteiger partial charge in [-0.3, -0.25) is 0 Å². The monoisotopic (exact) mass is 259 g/mol. The van der Waals surface area contributed by atoms with Crippen LogP contribution in [0.1, 0.15) is 32.0 Å². The highest BCUT2D eigenvalue weighted by molar-refractivity contribution is 5.58. The van der Waals surface area contributed by atoms with Crippen molar-refractivity contribution < 1.29 is 8.96 Å². The van der Waals surface area contributed by atoms with Gasteiger partial charge >= 0.3 is 0 Å². The molecule has 0 saturated carbocycles. The second-order valence-electron chi connectivity index (χ2n) is 5.24. The van der Waals surface area contributed by atoms with Gasteiger partial charge in [-0.15, -0.1) is 0 Å². The molecule has 0 unspecified atom stereocenters. The minimum Gasteiger partial charge on any atom is -0.234 e. The van der Waals surface area contributed by atoms with Crippen molar-refractivity contribution in [2.45, 2.75) is 45.7 Å². The lowest BCUT2D eigenvalue weighted by Crippen LogP contribution is -2.35. The van der Waals surface area contributed by atoms with E-state index in [1.165, 1.54) is 30.8 Å². The van der Waals surface area contributed by atoms with Crippen LogP contribution in [0.5, 0.6) is 0 Å². The van der Waals surface area contributed by atoms with Crippen LogP contribution in [0.2, 0.25) is 0 Å². The van der Waals surface area contributed by atoms with Gasteiger partial charge in [0.05, 0.1) is 19.5 Å². The fourth-order valence-electron chi connectivity index (χ4n) is 2.88. The minimum absolute atomic E-state index is 0.171. The molecule has 0 spiro atoms. The average Bonchev–Trinajstić information content (AvgIpc) is 3.00. The van der Waals surface area contributed by atoms with Gasteiger partial charge in [0, 0.05) is 5.56 Å². The van der Waals surface area contributed by atoms with Crippen LogP contribution in [-0.4, -0.2) is 4.57 Å². The molecule has 0 aliphatic carbocycles. The summed E-state index contributed by atoms with van der Waals surface area (Å²) in [5, 5.41) is 0. The Kier molecular flexibility index (Phi) is 3.36. The maximum Gasteiger partial charge on any atom is 0.257 e. The van der Waals surface area contributed by atoms with Gasteiger partial charge in [0.15, 0.2) is 5.69 Å². The lowest BCUT2D eigenvalue weighted by molar-refractivity contribution is -0.703. The molecule has 0 N–H and O–H groups in total. The molecule has 0 bridgehead atoms. The number of aryl methyl sites for hydroxylation is 1. The van der Waals surface area contributed by atoms with E-state index in [1.807, 2.05) is 12.1 Å². The number of unbranched alkanes of at least 4 members (excludes halogenated alkanes) is 1. The first-order chi connectivity index (χ1) is 9.29. The maximum absolute atomic E-state index is 13.0. The van der Waals surface area contributed by atoms with Gasteiger partial charge in [-0.05, 0) is 37.1 Å². The van der Waals surface area contributed by atoms with Gasteiger partial charge in [-0.25, -0.2) is 13.5 Å². The molecular weight excluding hydrogens is 239 g/mol. The van der Waals surface area contributed by atoms with Crippen molar-refractivity contribution in [2.75, 3.05) is 0 Å². The highest BCUT2D eigenvalue weighted by Crippen LogP contribution is 2.25. The summed E-state index contributed by atoms with van der Waals surface area (Å²) in [6.45, 7) is 4.39. The molecule has 0 saturated heterocycles. The highest BCUT2D eigenvalue weighted by Gasteiger charge is 2.28. The fourth-order valence-corrected chi connectivity index (χ4v) is 2.88. The Labute approximate surface area is 113 Å². The van der Waals surface area contributed by atoms with E-state index in [4.69, 9.17) is 0 Å². The molecule has 2 heterocycles. The maximum atomic E-state index is 13.0. The Hall–Kier alpha value is -1.64. The molecule has 1 aliphatic heterocycles. The molecule has 3 rings (SSSR count).